The Morgan fingerprint density at radius 3 is 3.00 bits per heavy atom. The summed E-state index contributed by atoms with van der Waals surface area (Å²) in [5.74, 6) is 3.19. The van der Waals surface area contributed by atoms with E-state index in [0.29, 0.717) is 0 Å². The van der Waals surface area contributed by atoms with Crippen molar-refractivity contribution < 1.29 is 4.42 Å². The van der Waals surface area contributed by atoms with E-state index in [1.54, 1.807) is 6.26 Å². The number of hydrogen-bond donors (Lipinski definition) is 2. The number of halogens is 1. The first-order valence-electron chi connectivity index (χ1n) is 6.97. The van der Waals surface area contributed by atoms with Crippen molar-refractivity contribution in [2.75, 3.05) is 25.9 Å². The largest absolute Gasteiger partial charge is 0.469 e. The Morgan fingerprint density at radius 1 is 1.45 bits per heavy atom. The second-order valence-electron chi connectivity index (χ2n) is 4.70. The maximum Gasteiger partial charge on any atom is 0.191 e. The highest BCUT2D eigenvalue weighted by molar-refractivity contribution is 14.0. The number of nitrogens with one attached hydrogen (secondary N) is 2. The van der Waals surface area contributed by atoms with E-state index in [9.17, 15) is 0 Å². The number of thioether (sulfide) groups is 1. The predicted molar refractivity (Wildman–Crippen MR) is 97.3 cm³/mol. The van der Waals surface area contributed by atoms with Gasteiger partial charge in [0.2, 0.25) is 0 Å². The molecule has 4 nitrogen and oxygen atoms in total. The van der Waals surface area contributed by atoms with E-state index in [0.717, 1.165) is 36.5 Å². The van der Waals surface area contributed by atoms with Gasteiger partial charge in [-0.25, -0.2) is 0 Å². The molecular formula is C14H24IN3OS. The lowest BCUT2D eigenvalue weighted by molar-refractivity contribution is 0.506. The fourth-order valence-corrected chi connectivity index (χ4v) is 3.40. The quantitative estimate of drug-likeness (QED) is 0.446. The Balaban J connectivity index is 0.00000200. The average Bonchev–Trinajstić information content (AvgIpc) is 2.97. The summed E-state index contributed by atoms with van der Waals surface area (Å²) >= 11 is 2.08. The van der Waals surface area contributed by atoms with Gasteiger partial charge in [0.15, 0.2) is 5.96 Å². The Kier molecular flexibility index (Phi) is 9.17. The standard InChI is InChI=1S/C14H23N3OS.HI/c1-15-14(16-8-7-12-5-4-9-18-12)17-11-13-6-2-3-10-19-13;/h4-5,9,13H,2-3,6-8,10-11H2,1H3,(H2,15,16,17);1H. The van der Waals surface area contributed by atoms with Gasteiger partial charge in [-0.15, -0.1) is 24.0 Å². The molecule has 0 spiro atoms. The summed E-state index contributed by atoms with van der Waals surface area (Å²) in [6.07, 6.45) is 6.65. The Bertz CT molecular complexity index is 378. The highest BCUT2D eigenvalue weighted by atomic mass is 127. The summed E-state index contributed by atoms with van der Waals surface area (Å²) in [5.41, 5.74) is 0. The molecule has 1 atom stereocenters. The summed E-state index contributed by atoms with van der Waals surface area (Å²) < 4.78 is 5.30. The minimum Gasteiger partial charge on any atom is -0.469 e. The van der Waals surface area contributed by atoms with Crippen molar-refractivity contribution in [3.05, 3.63) is 24.2 Å². The molecule has 1 aromatic heterocycles. The molecule has 0 aromatic carbocycles. The maximum absolute atomic E-state index is 5.30. The van der Waals surface area contributed by atoms with Crippen LogP contribution in [0.4, 0.5) is 0 Å². The molecule has 1 aromatic rings. The molecule has 2 rings (SSSR count). The number of nitrogens with zero attached hydrogens (tertiary/aromatic N) is 1. The molecule has 2 heterocycles. The van der Waals surface area contributed by atoms with Gasteiger partial charge in [0.05, 0.1) is 6.26 Å². The van der Waals surface area contributed by atoms with Crippen molar-refractivity contribution in [3.8, 4) is 0 Å². The van der Waals surface area contributed by atoms with Crippen LogP contribution < -0.4 is 10.6 Å². The molecule has 2 N–H and O–H groups in total. The van der Waals surface area contributed by atoms with E-state index in [1.807, 2.05) is 19.2 Å². The summed E-state index contributed by atoms with van der Waals surface area (Å²) in [6, 6.07) is 3.92. The molecule has 0 saturated carbocycles. The van der Waals surface area contributed by atoms with Crippen molar-refractivity contribution in [1.29, 1.82) is 0 Å². The SMILES string of the molecule is CN=C(NCCc1ccco1)NCC1CCCCS1.I. The summed E-state index contributed by atoms with van der Waals surface area (Å²) in [4.78, 5) is 4.25. The van der Waals surface area contributed by atoms with Crippen LogP contribution >= 0.6 is 35.7 Å². The van der Waals surface area contributed by atoms with Gasteiger partial charge in [0.1, 0.15) is 5.76 Å². The lowest BCUT2D eigenvalue weighted by atomic mass is 10.2. The van der Waals surface area contributed by atoms with E-state index in [2.05, 4.69) is 27.4 Å². The second kappa shape index (κ2) is 10.4. The zero-order valence-electron chi connectivity index (χ0n) is 11.9. The Hall–Kier alpha value is -0.370. The predicted octanol–water partition coefficient (Wildman–Crippen LogP) is 2.89. The zero-order chi connectivity index (χ0) is 13.3. The van der Waals surface area contributed by atoms with Crippen LogP contribution in [0.3, 0.4) is 0 Å². The minimum absolute atomic E-state index is 0. The summed E-state index contributed by atoms with van der Waals surface area (Å²) in [7, 11) is 1.82. The van der Waals surface area contributed by atoms with Crippen molar-refractivity contribution in [1.82, 2.24) is 10.6 Å². The van der Waals surface area contributed by atoms with E-state index < -0.39 is 0 Å². The van der Waals surface area contributed by atoms with E-state index in [4.69, 9.17) is 4.42 Å². The van der Waals surface area contributed by atoms with Crippen LogP contribution in [-0.4, -0.2) is 37.1 Å². The molecule has 1 aliphatic heterocycles. The summed E-state index contributed by atoms with van der Waals surface area (Å²) in [6.45, 7) is 1.84. The van der Waals surface area contributed by atoms with Gasteiger partial charge in [-0.2, -0.15) is 11.8 Å². The summed E-state index contributed by atoms with van der Waals surface area (Å²) in [5, 5.41) is 7.46. The molecule has 0 radical (unpaired) electrons. The molecule has 0 amide bonds. The number of furan rings is 1. The third kappa shape index (κ3) is 6.39. The van der Waals surface area contributed by atoms with E-state index >= 15 is 0 Å². The number of rotatable bonds is 5. The van der Waals surface area contributed by atoms with Crippen LogP contribution in [0.1, 0.15) is 25.0 Å². The van der Waals surface area contributed by atoms with Crippen LogP contribution in [0.2, 0.25) is 0 Å². The van der Waals surface area contributed by atoms with Crippen LogP contribution in [0.5, 0.6) is 0 Å². The third-order valence-corrected chi connectivity index (χ3v) is 4.64. The van der Waals surface area contributed by atoms with Crippen LogP contribution in [0.15, 0.2) is 27.8 Å². The van der Waals surface area contributed by atoms with Gasteiger partial charge < -0.3 is 15.1 Å². The number of hydrogen-bond acceptors (Lipinski definition) is 3. The molecule has 0 aliphatic carbocycles. The lowest BCUT2D eigenvalue weighted by Gasteiger charge is -2.22. The van der Waals surface area contributed by atoms with Gasteiger partial charge in [-0.3, -0.25) is 4.99 Å². The normalized spacial score (nSPS) is 19.2. The molecule has 1 fully saturated rings. The monoisotopic (exact) mass is 409 g/mol. The second-order valence-corrected chi connectivity index (χ2v) is 6.11. The number of guanidine groups is 1. The highest BCUT2D eigenvalue weighted by Crippen LogP contribution is 2.24. The zero-order valence-corrected chi connectivity index (χ0v) is 15.1. The molecule has 114 valence electrons. The average molecular weight is 409 g/mol. The first-order valence-corrected chi connectivity index (χ1v) is 8.02. The fourth-order valence-electron chi connectivity index (χ4n) is 2.16. The van der Waals surface area contributed by atoms with Crippen LogP contribution in [-0.2, 0) is 6.42 Å². The fraction of sp³-hybridized carbons (Fsp3) is 0.643. The van der Waals surface area contributed by atoms with Gasteiger partial charge in [-0.05, 0) is 30.7 Å². The third-order valence-electron chi connectivity index (χ3n) is 3.24. The molecule has 20 heavy (non-hydrogen) atoms. The maximum atomic E-state index is 5.30. The Morgan fingerprint density at radius 2 is 2.35 bits per heavy atom. The lowest BCUT2D eigenvalue weighted by Crippen LogP contribution is -2.41. The van der Waals surface area contributed by atoms with Crippen molar-refractivity contribution >= 4 is 41.7 Å². The first kappa shape index (κ1) is 17.7. The smallest absolute Gasteiger partial charge is 0.191 e. The molecule has 6 heteroatoms. The molecule has 1 aliphatic rings. The van der Waals surface area contributed by atoms with Gasteiger partial charge in [-0.1, -0.05) is 6.42 Å². The van der Waals surface area contributed by atoms with Gasteiger partial charge >= 0.3 is 0 Å². The molecule has 1 unspecified atom stereocenters. The van der Waals surface area contributed by atoms with Gasteiger partial charge in [0.25, 0.3) is 0 Å². The van der Waals surface area contributed by atoms with E-state index in [1.165, 1.54) is 25.0 Å². The van der Waals surface area contributed by atoms with Crippen LogP contribution in [0.25, 0.3) is 0 Å². The van der Waals surface area contributed by atoms with Crippen molar-refractivity contribution in [2.24, 2.45) is 4.99 Å². The minimum atomic E-state index is 0. The Labute approximate surface area is 142 Å². The first-order chi connectivity index (χ1) is 9.38. The number of aliphatic imine (C=N–C) groups is 1. The molecular weight excluding hydrogens is 385 g/mol. The molecule has 1 saturated heterocycles. The van der Waals surface area contributed by atoms with Gasteiger partial charge in [0, 0.05) is 31.8 Å². The van der Waals surface area contributed by atoms with E-state index in [-0.39, 0.29) is 24.0 Å². The van der Waals surface area contributed by atoms with Crippen molar-refractivity contribution in [3.63, 3.8) is 0 Å². The highest BCUT2D eigenvalue weighted by Gasteiger charge is 2.13. The van der Waals surface area contributed by atoms with Crippen LogP contribution in [0, 0.1) is 0 Å². The topological polar surface area (TPSA) is 49.6 Å². The van der Waals surface area contributed by atoms with Crippen molar-refractivity contribution in [2.45, 2.75) is 30.9 Å². The molecule has 0 bridgehead atoms.